The van der Waals surface area contributed by atoms with Gasteiger partial charge in [0.15, 0.2) is 0 Å². The van der Waals surface area contributed by atoms with Crippen LogP contribution in [0.25, 0.3) is 5.57 Å². The minimum absolute atomic E-state index is 0.490. The zero-order valence-corrected chi connectivity index (χ0v) is 8.79. The zero-order chi connectivity index (χ0) is 9.97. The van der Waals surface area contributed by atoms with Crippen LogP contribution in [0, 0.1) is 0 Å². The fraction of sp³-hybridized carbons (Fsp3) is 0.385. The van der Waals surface area contributed by atoms with E-state index in [1.165, 1.54) is 24.0 Å². The highest BCUT2D eigenvalue weighted by molar-refractivity contribution is 5.63. The Morgan fingerprint density at radius 3 is 2.43 bits per heavy atom. The van der Waals surface area contributed by atoms with Crippen molar-refractivity contribution in [2.45, 2.75) is 32.8 Å². The molecule has 0 unspecified atom stereocenters. The summed E-state index contributed by atoms with van der Waals surface area (Å²) in [6.07, 6.45) is 5.05. The van der Waals surface area contributed by atoms with E-state index in [0.717, 1.165) is 5.75 Å². The number of rotatable bonds is 3. The van der Waals surface area contributed by atoms with E-state index in [2.05, 4.69) is 44.2 Å². The third kappa shape index (κ3) is 2.16. The summed E-state index contributed by atoms with van der Waals surface area (Å²) in [6.45, 7) is 4.18. The Labute approximate surface area is 85.4 Å². The van der Waals surface area contributed by atoms with E-state index in [0.29, 0.717) is 6.10 Å². The summed E-state index contributed by atoms with van der Waals surface area (Å²) in [5.41, 5.74) is 2.58. The molecule has 0 radical (unpaired) electrons. The highest BCUT2D eigenvalue weighted by atomic mass is 16.5. The van der Waals surface area contributed by atoms with Crippen LogP contribution in [0.3, 0.4) is 0 Å². The lowest BCUT2D eigenvalue weighted by atomic mass is 10.1. The van der Waals surface area contributed by atoms with Crippen LogP contribution in [0.4, 0.5) is 0 Å². The molecule has 2 rings (SSSR count). The van der Waals surface area contributed by atoms with Crippen molar-refractivity contribution in [3.8, 4) is 5.75 Å². The maximum Gasteiger partial charge on any atom is 0.119 e. The smallest absolute Gasteiger partial charge is 0.119 e. The summed E-state index contributed by atoms with van der Waals surface area (Å²) in [6, 6.07) is 8.35. The van der Waals surface area contributed by atoms with Gasteiger partial charge < -0.3 is 4.74 Å². The molecule has 1 aromatic rings. The van der Waals surface area contributed by atoms with Crippen molar-refractivity contribution in [1.29, 1.82) is 0 Å². The lowest BCUT2D eigenvalue weighted by Gasteiger charge is -2.05. The van der Waals surface area contributed by atoms with Crippen molar-refractivity contribution in [2.24, 2.45) is 0 Å². The molecular weight excluding hydrogens is 172 g/mol. The van der Waals surface area contributed by atoms with Crippen LogP contribution in [-0.2, 0) is 0 Å². The van der Waals surface area contributed by atoms with Crippen molar-refractivity contribution >= 4 is 5.57 Å². The van der Waals surface area contributed by atoms with E-state index in [9.17, 15) is 0 Å². The maximum absolute atomic E-state index is 5.67. The van der Waals surface area contributed by atoms with Crippen molar-refractivity contribution in [2.75, 3.05) is 0 Å². The molecule has 1 heteroatoms. The van der Waals surface area contributed by atoms with Gasteiger partial charge in [0.05, 0.1) is 6.10 Å². The normalized spacial score (nSPS) is 16.9. The minimum atomic E-state index is 0.490. The van der Waals surface area contributed by atoms with Gasteiger partial charge in [-0.25, -0.2) is 0 Å². The third-order valence-electron chi connectivity index (χ3n) is 2.57. The Morgan fingerprint density at radius 2 is 1.93 bits per heavy atom. The standard InChI is InChI=1S/C13H16O/c1-3-10(2)11-4-6-12(7-5-11)14-13-8-9-13/h3-7,13H,8-9H2,1-2H3/b10-3-. The van der Waals surface area contributed by atoms with Crippen LogP contribution in [0.2, 0.25) is 0 Å². The summed E-state index contributed by atoms with van der Waals surface area (Å²) in [7, 11) is 0. The van der Waals surface area contributed by atoms with E-state index in [-0.39, 0.29) is 0 Å². The van der Waals surface area contributed by atoms with Gasteiger partial charge in [-0.1, -0.05) is 18.2 Å². The van der Waals surface area contributed by atoms with E-state index in [4.69, 9.17) is 4.74 Å². The molecule has 0 saturated heterocycles. The van der Waals surface area contributed by atoms with Crippen LogP contribution in [0.15, 0.2) is 30.3 Å². The monoisotopic (exact) mass is 188 g/mol. The number of benzene rings is 1. The Hall–Kier alpha value is -1.24. The molecule has 0 heterocycles. The van der Waals surface area contributed by atoms with Crippen molar-refractivity contribution in [3.05, 3.63) is 35.9 Å². The predicted octanol–water partition coefficient (Wildman–Crippen LogP) is 3.65. The van der Waals surface area contributed by atoms with E-state index >= 15 is 0 Å². The molecule has 1 fully saturated rings. The average Bonchev–Trinajstić information content (AvgIpc) is 3.02. The van der Waals surface area contributed by atoms with Gasteiger partial charge in [0.25, 0.3) is 0 Å². The lowest BCUT2D eigenvalue weighted by Crippen LogP contribution is -1.95. The van der Waals surface area contributed by atoms with Gasteiger partial charge in [-0.2, -0.15) is 0 Å². The average molecular weight is 188 g/mol. The summed E-state index contributed by atoms with van der Waals surface area (Å²) < 4.78 is 5.67. The highest BCUT2D eigenvalue weighted by Gasteiger charge is 2.23. The third-order valence-corrected chi connectivity index (χ3v) is 2.57. The van der Waals surface area contributed by atoms with Crippen LogP contribution in [0.1, 0.15) is 32.3 Å². The molecule has 0 bridgehead atoms. The molecule has 14 heavy (non-hydrogen) atoms. The fourth-order valence-corrected chi connectivity index (χ4v) is 1.34. The first-order chi connectivity index (χ1) is 6.79. The first kappa shape index (κ1) is 9.32. The second-order valence-electron chi connectivity index (χ2n) is 3.81. The number of hydrogen-bond donors (Lipinski definition) is 0. The molecule has 1 aromatic carbocycles. The van der Waals surface area contributed by atoms with Crippen LogP contribution < -0.4 is 4.74 Å². The minimum Gasteiger partial charge on any atom is -0.490 e. The molecule has 74 valence electrons. The van der Waals surface area contributed by atoms with Gasteiger partial charge in [0.2, 0.25) is 0 Å². The molecule has 0 aliphatic heterocycles. The molecule has 1 aliphatic carbocycles. The SMILES string of the molecule is C/C=C(/C)c1ccc(OC2CC2)cc1. The molecule has 0 amide bonds. The molecule has 1 saturated carbocycles. The molecule has 1 nitrogen and oxygen atoms in total. The topological polar surface area (TPSA) is 9.23 Å². The lowest BCUT2D eigenvalue weighted by molar-refractivity contribution is 0.303. The Balaban J connectivity index is 2.08. The number of ether oxygens (including phenoxy) is 1. The first-order valence-electron chi connectivity index (χ1n) is 5.19. The van der Waals surface area contributed by atoms with Crippen LogP contribution in [0.5, 0.6) is 5.75 Å². The van der Waals surface area contributed by atoms with Crippen molar-refractivity contribution < 1.29 is 4.74 Å². The molecular formula is C13H16O. The Bertz CT molecular complexity index is 331. The van der Waals surface area contributed by atoms with Crippen LogP contribution in [-0.4, -0.2) is 6.10 Å². The highest BCUT2D eigenvalue weighted by Crippen LogP contribution is 2.27. The Morgan fingerprint density at radius 1 is 1.29 bits per heavy atom. The zero-order valence-electron chi connectivity index (χ0n) is 8.79. The molecule has 0 N–H and O–H groups in total. The van der Waals surface area contributed by atoms with Gasteiger partial charge in [-0.15, -0.1) is 0 Å². The molecule has 1 aliphatic rings. The van der Waals surface area contributed by atoms with E-state index in [1.807, 2.05) is 0 Å². The summed E-state index contributed by atoms with van der Waals surface area (Å²) >= 11 is 0. The predicted molar refractivity (Wildman–Crippen MR) is 59.4 cm³/mol. The van der Waals surface area contributed by atoms with Crippen molar-refractivity contribution in [3.63, 3.8) is 0 Å². The second kappa shape index (κ2) is 3.87. The second-order valence-corrected chi connectivity index (χ2v) is 3.81. The van der Waals surface area contributed by atoms with Crippen molar-refractivity contribution in [1.82, 2.24) is 0 Å². The number of allylic oxidation sites excluding steroid dienone is 2. The van der Waals surface area contributed by atoms with Gasteiger partial charge in [-0.3, -0.25) is 0 Å². The summed E-state index contributed by atoms with van der Waals surface area (Å²) in [5, 5.41) is 0. The maximum atomic E-state index is 5.67. The van der Waals surface area contributed by atoms with Crippen LogP contribution >= 0.6 is 0 Å². The number of hydrogen-bond acceptors (Lipinski definition) is 1. The van der Waals surface area contributed by atoms with Gasteiger partial charge in [0.1, 0.15) is 5.75 Å². The van der Waals surface area contributed by atoms with Gasteiger partial charge >= 0.3 is 0 Å². The van der Waals surface area contributed by atoms with Gasteiger partial charge in [-0.05, 0) is 50.0 Å². The van der Waals surface area contributed by atoms with E-state index in [1.54, 1.807) is 0 Å². The largest absolute Gasteiger partial charge is 0.490 e. The fourth-order valence-electron chi connectivity index (χ4n) is 1.34. The molecule has 0 atom stereocenters. The summed E-state index contributed by atoms with van der Waals surface area (Å²) in [4.78, 5) is 0. The molecule has 0 aromatic heterocycles. The first-order valence-corrected chi connectivity index (χ1v) is 5.19. The summed E-state index contributed by atoms with van der Waals surface area (Å²) in [5.74, 6) is 1.00. The Kier molecular flexibility index (Phi) is 2.58. The quantitative estimate of drug-likeness (QED) is 0.703. The van der Waals surface area contributed by atoms with Gasteiger partial charge in [0, 0.05) is 0 Å². The van der Waals surface area contributed by atoms with E-state index < -0.39 is 0 Å². The molecule has 0 spiro atoms.